The van der Waals surface area contributed by atoms with E-state index in [9.17, 15) is 0 Å². The van der Waals surface area contributed by atoms with Crippen molar-refractivity contribution in [3.8, 4) is 0 Å². The lowest BCUT2D eigenvalue weighted by Gasteiger charge is -1.81. The van der Waals surface area contributed by atoms with Gasteiger partial charge in [-0.25, -0.2) is 5.53 Å². The summed E-state index contributed by atoms with van der Waals surface area (Å²) in [4.78, 5) is 0. The molecule has 0 aliphatic heterocycles. The fourth-order valence-electron chi connectivity index (χ4n) is 0.643. The second-order valence-corrected chi connectivity index (χ2v) is 1.77. The summed E-state index contributed by atoms with van der Waals surface area (Å²) in [5.74, 6) is 0. The minimum atomic E-state index is 0.712. The molecule has 1 rings (SSSR count). The zero-order chi connectivity index (χ0) is 8.53. The van der Waals surface area contributed by atoms with Crippen LogP contribution in [0.1, 0.15) is 20.3 Å². The first-order valence-electron chi connectivity index (χ1n) is 3.84. The van der Waals surface area contributed by atoms with Crippen molar-refractivity contribution in [2.75, 3.05) is 0 Å². The fraction of sp³-hybridized carbons (Fsp3) is 0.333. The van der Waals surface area contributed by atoms with E-state index in [1.807, 2.05) is 44.2 Å². The third-order valence-corrected chi connectivity index (χ3v) is 1.09. The van der Waals surface area contributed by atoms with Crippen LogP contribution in [0.4, 0.5) is 0 Å². The quantitative estimate of drug-likeness (QED) is 0.556. The summed E-state index contributed by atoms with van der Waals surface area (Å²) in [5.41, 5.74) is 7.38. The Hall–Kier alpha value is -1.18. The molecule has 0 heterocycles. The average Bonchev–Trinajstić information content (AvgIpc) is 2.35. The highest BCUT2D eigenvalue weighted by molar-refractivity contribution is 5.25. The molecule has 0 aromatic rings. The molecule has 2 nitrogen and oxygen atoms in total. The van der Waals surface area contributed by atoms with E-state index in [0.717, 1.165) is 6.42 Å². The highest BCUT2D eigenvalue weighted by Crippen LogP contribution is 2.04. The van der Waals surface area contributed by atoms with Gasteiger partial charge in [-0.3, -0.25) is 0 Å². The Morgan fingerprint density at radius 3 is 2.73 bits per heavy atom. The van der Waals surface area contributed by atoms with Crippen LogP contribution in [0.15, 0.2) is 41.2 Å². The topological polar surface area (TPSA) is 36.2 Å². The van der Waals surface area contributed by atoms with Crippen LogP contribution in [-0.4, -0.2) is 0 Å². The van der Waals surface area contributed by atoms with E-state index in [2.05, 4.69) is 5.11 Å². The van der Waals surface area contributed by atoms with Crippen molar-refractivity contribution in [3.05, 3.63) is 36.1 Å². The number of hydrogen-bond donors (Lipinski definition) is 1. The van der Waals surface area contributed by atoms with Gasteiger partial charge < -0.3 is 0 Å². The second kappa shape index (κ2) is 6.93. The number of rotatable bonds is 1. The SMILES string of the molecule is CC.N=NC1=CC=CCC=C1. The van der Waals surface area contributed by atoms with Crippen molar-refractivity contribution in [3.63, 3.8) is 0 Å². The minimum absolute atomic E-state index is 0.712. The number of nitrogens with one attached hydrogen (secondary N) is 1. The summed E-state index contributed by atoms with van der Waals surface area (Å²) < 4.78 is 0. The first kappa shape index (κ1) is 9.82. The number of hydrogen-bond acceptors (Lipinski definition) is 2. The number of nitrogens with zero attached hydrogens (tertiary/aromatic N) is 1. The van der Waals surface area contributed by atoms with Crippen LogP contribution in [0, 0.1) is 5.53 Å². The van der Waals surface area contributed by atoms with Gasteiger partial charge in [-0.1, -0.05) is 32.1 Å². The molecule has 60 valence electrons. The molecule has 0 saturated carbocycles. The molecule has 11 heavy (non-hydrogen) atoms. The van der Waals surface area contributed by atoms with Crippen LogP contribution in [-0.2, 0) is 0 Å². The lowest BCUT2D eigenvalue weighted by atomic mass is 10.4. The van der Waals surface area contributed by atoms with Crippen molar-refractivity contribution >= 4 is 0 Å². The Balaban J connectivity index is 0.000000461. The van der Waals surface area contributed by atoms with Crippen LogP contribution in [0.2, 0.25) is 0 Å². The van der Waals surface area contributed by atoms with Gasteiger partial charge in [0, 0.05) is 0 Å². The third-order valence-electron chi connectivity index (χ3n) is 1.09. The molecule has 0 aromatic heterocycles. The molecule has 0 saturated heterocycles. The van der Waals surface area contributed by atoms with Crippen LogP contribution in [0.5, 0.6) is 0 Å². The zero-order valence-electron chi connectivity index (χ0n) is 7.04. The van der Waals surface area contributed by atoms with Gasteiger partial charge in [0.25, 0.3) is 0 Å². The third kappa shape index (κ3) is 4.25. The Bertz CT molecular complexity index is 188. The predicted molar refractivity (Wildman–Crippen MR) is 47.5 cm³/mol. The minimum Gasteiger partial charge on any atom is -0.204 e. The van der Waals surface area contributed by atoms with Gasteiger partial charge in [0.15, 0.2) is 0 Å². The Labute approximate surface area is 67.8 Å². The smallest absolute Gasteiger partial charge is 0.0846 e. The van der Waals surface area contributed by atoms with E-state index >= 15 is 0 Å². The molecule has 2 heteroatoms. The lowest BCUT2D eigenvalue weighted by Crippen LogP contribution is -1.63. The van der Waals surface area contributed by atoms with Crippen molar-refractivity contribution < 1.29 is 0 Å². The molecule has 0 spiro atoms. The molecule has 1 N–H and O–H groups in total. The maximum atomic E-state index is 6.67. The summed E-state index contributed by atoms with van der Waals surface area (Å²) in [6.07, 6.45) is 10.5. The normalized spacial score (nSPS) is 14.2. The van der Waals surface area contributed by atoms with Gasteiger partial charge in [0.2, 0.25) is 0 Å². The average molecular weight is 150 g/mol. The zero-order valence-corrected chi connectivity index (χ0v) is 7.04. The van der Waals surface area contributed by atoms with Gasteiger partial charge >= 0.3 is 0 Å². The first-order chi connectivity index (χ1) is 5.43. The first-order valence-corrected chi connectivity index (χ1v) is 3.84. The Kier molecular flexibility index (Phi) is 6.19. The van der Waals surface area contributed by atoms with E-state index in [-0.39, 0.29) is 0 Å². The van der Waals surface area contributed by atoms with Crippen LogP contribution < -0.4 is 0 Å². The summed E-state index contributed by atoms with van der Waals surface area (Å²) >= 11 is 0. The second-order valence-electron chi connectivity index (χ2n) is 1.77. The van der Waals surface area contributed by atoms with Gasteiger partial charge in [-0.15, -0.1) is 0 Å². The molecule has 0 atom stereocenters. The molecule has 0 amide bonds. The lowest BCUT2D eigenvalue weighted by molar-refractivity contribution is 1.09. The maximum absolute atomic E-state index is 6.67. The maximum Gasteiger partial charge on any atom is 0.0846 e. The summed E-state index contributed by atoms with van der Waals surface area (Å²) in [6.45, 7) is 4.00. The van der Waals surface area contributed by atoms with Gasteiger partial charge in [-0.05, 0) is 18.6 Å². The highest BCUT2D eigenvalue weighted by atomic mass is 15.0. The summed E-state index contributed by atoms with van der Waals surface area (Å²) in [5, 5.41) is 3.28. The van der Waals surface area contributed by atoms with E-state index < -0.39 is 0 Å². The predicted octanol–water partition coefficient (Wildman–Crippen LogP) is 3.44. The van der Waals surface area contributed by atoms with Gasteiger partial charge in [0.1, 0.15) is 0 Å². The van der Waals surface area contributed by atoms with Crippen LogP contribution in [0.25, 0.3) is 0 Å². The van der Waals surface area contributed by atoms with E-state index in [4.69, 9.17) is 5.53 Å². The largest absolute Gasteiger partial charge is 0.204 e. The molecule has 0 radical (unpaired) electrons. The highest BCUT2D eigenvalue weighted by Gasteiger charge is 1.85. The van der Waals surface area contributed by atoms with Crippen molar-refractivity contribution in [2.24, 2.45) is 5.11 Å². The van der Waals surface area contributed by atoms with Gasteiger partial charge in [0.05, 0.1) is 5.70 Å². The van der Waals surface area contributed by atoms with Crippen LogP contribution in [0.3, 0.4) is 0 Å². The summed E-state index contributed by atoms with van der Waals surface area (Å²) in [6, 6.07) is 0. The molecule has 0 bridgehead atoms. The van der Waals surface area contributed by atoms with E-state index in [1.165, 1.54) is 0 Å². The standard InChI is InChI=1S/C7H8N2.C2H6/c8-9-7-5-3-1-2-4-6-7;1-2/h1,3-6,8H,2H2;1-2H3. The van der Waals surface area contributed by atoms with E-state index in [1.54, 1.807) is 0 Å². The van der Waals surface area contributed by atoms with Crippen molar-refractivity contribution in [1.82, 2.24) is 0 Å². The van der Waals surface area contributed by atoms with E-state index in [0.29, 0.717) is 5.70 Å². The van der Waals surface area contributed by atoms with Crippen molar-refractivity contribution in [1.29, 1.82) is 5.53 Å². The molecule has 1 aliphatic carbocycles. The van der Waals surface area contributed by atoms with Crippen molar-refractivity contribution in [2.45, 2.75) is 20.3 Å². The van der Waals surface area contributed by atoms with Crippen LogP contribution >= 0.6 is 0 Å². The molecular weight excluding hydrogens is 136 g/mol. The molecule has 0 unspecified atom stereocenters. The molecule has 1 aliphatic rings. The molecular formula is C9H14N2. The molecule has 0 aromatic carbocycles. The summed E-state index contributed by atoms with van der Waals surface area (Å²) in [7, 11) is 0. The Morgan fingerprint density at radius 1 is 1.36 bits per heavy atom. The Morgan fingerprint density at radius 2 is 2.09 bits per heavy atom. The van der Waals surface area contributed by atoms with Gasteiger partial charge in [-0.2, -0.15) is 5.11 Å². The number of allylic oxidation sites excluding steroid dienone is 5. The molecule has 0 fully saturated rings. The monoisotopic (exact) mass is 150 g/mol. The fourth-order valence-corrected chi connectivity index (χ4v) is 0.643.